The Morgan fingerprint density at radius 3 is 2.25 bits per heavy atom. The van der Waals surface area contributed by atoms with Gasteiger partial charge in [-0.05, 0) is 17.7 Å². The van der Waals surface area contributed by atoms with Crippen molar-refractivity contribution in [1.29, 1.82) is 0 Å². The molecule has 1 aromatic carbocycles. The molecule has 2 nitrogen and oxygen atoms in total. The molecule has 0 fully saturated rings. The van der Waals surface area contributed by atoms with Gasteiger partial charge in [-0.25, -0.2) is 0 Å². The maximum Gasteiger partial charge on any atom is 0.144 e. The van der Waals surface area contributed by atoms with Crippen molar-refractivity contribution in [3.63, 3.8) is 0 Å². The Morgan fingerprint density at radius 2 is 1.81 bits per heavy atom. The number of ketones is 1. The number of rotatable bonds is 4. The highest BCUT2D eigenvalue weighted by atomic mass is 35.5. The number of nitrogens with two attached hydrogens (primary N) is 1. The first-order valence-corrected chi connectivity index (χ1v) is 5.80. The summed E-state index contributed by atoms with van der Waals surface area (Å²) in [6, 6.07) is 5.21. The lowest BCUT2D eigenvalue weighted by Crippen LogP contribution is -2.33. The van der Waals surface area contributed by atoms with Crippen LogP contribution < -0.4 is 5.73 Å². The lowest BCUT2D eigenvalue weighted by molar-refractivity contribution is -0.125. The molecule has 0 unspecified atom stereocenters. The Balaban J connectivity index is 2.94. The summed E-state index contributed by atoms with van der Waals surface area (Å²) in [5, 5.41) is 1.04. The second-order valence-electron chi connectivity index (χ2n) is 4.39. The molecule has 88 valence electrons. The van der Waals surface area contributed by atoms with E-state index in [1.165, 1.54) is 0 Å². The largest absolute Gasteiger partial charge is 0.329 e. The van der Waals surface area contributed by atoms with Crippen LogP contribution in [0.5, 0.6) is 0 Å². The van der Waals surface area contributed by atoms with Crippen LogP contribution in [0.3, 0.4) is 0 Å². The van der Waals surface area contributed by atoms with E-state index >= 15 is 0 Å². The van der Waals surface area contributed by atoms with Gasteiger partial charge in [0.2, 0.25) is 0 Å². The predicted octanol–water partition coefficient (Wildman–Crippen LogP) is 3.09. The van der Waals surface area contributed by atoms with Crippen LogP contribution in [0.2, 0.25) is 10.0 Å². The Morgan fingerprint density at radius 1 is 1.31 bits per heavy atom. The van der Waals surface area contributed by atoms with Crippen molar-refractivity contribution in [1.82, 2.24) is 0 Å². The topological polar surface area (TPSA) is 43.1 Å². The lowest BCUT2D eigenvalue weighted by Gasteiger charge is -2.21. The summed E-state index contributed by atoms with van der Waals surface area (Å²) in [6.45, 7) is 3.95. The molecule has 0 heterocycles. The molecule has 1 aromatic rings. The zero-order valence-electron chi connectivity index (χ0n) is 9.39. The number of benzene rings is 1. The van der Waals surface area contributed by atoms with E-state index in [1.54, 1.807) is 18.2 Å². The molecule has 16 heavy (non-hydrogen) atoms. The van der Waals surface area contributed by atoms with Gasteiger partial charge in [0.05, 0.1) is 0 Å². The van der Waals surface area contributed by atoms with E-state index in [-0.39, 0.29) is 12.2 Å². The van der Waals surface area contributed by atoms with Gasteiger partial charge in [0.1, 0.15) is 5.78 Å². The van der Waals surface area contributed by atoms with Gasteiger partial charge < -0.3 is 5.73 Å². The van der Waals surface area contributed by atoms with Crippen molar-refractivity contribution >= 4 is 29.0 Å². The smallest absolute Gasteiger partial charge is 0.144 e. The molecule has 0 aliphatic carbocycles. The average molecular weight is 260 g/mol. The highest BCUT2D eigenvalue weighted by molar-refractivity contribution is 6.36. The van der Waals surface area contributed by atoms with E-state index in [4.69, 9.17) is 28.9 Å². The number of halogens is 2. The van der Waals surface area contributed by atoms with Crippen LogP contribution in [-0.4, -0.2) is 12.3 Å². The van der Waals surface area contributed by atoms with Gasteiger partial charge in [-0.1, -0.05) is 43.1 Å². The maximum absolute atomic E-state index is 12.0. The van der Waals surface area contributed by atoms with E-state index in [0.717, 1.165) is 0 Å². The minimum absolute atomic E-state index is 0.0463. The normalized spacial score (nSPS) is 11.6. The number of hydrogen-bond donors (Lipinski definition) is 1. The summed E-state index contributed by atoms with van der Waals surface area (Å²) in [6.07, 6.45) is 0.225. The molecule has 0 bridgehead atoms. The van der Waals surface area contributed by atoms with Crippen LogP contribution in [0, 0.1) is 5.41 Å². The highest BCUT2D eigenvalue weighted by Gasteiger charge is 2.26. The van der Waals surface area contributed by atoms with Crippen LogP contribution in [0.1, 0.15) is 19.4 Å². The Hall–Kier alpha value is -0.570. The number of carbonyl (C=O) groups excluding carboxylic acids is 1. The Kier molecular flexibility index (Phi) is 4.36. The molecule has 0 aliphatic heterocycles. The van der Waals surface area contributed by atoms with Gasteiger partial charge in [-0.15, -0.1) is 0 Å². The van der Waals surface area contributed by atoms with Crippen molar-refractivity contribution in [2.24, 2.45) is 11.1 Å². The molecule has 1 rings (SSSR count). The zero-order valence-corrected chi connectivity index (χ0v) is 10.9. The van der Waals surface area contributed by atoms with Gasteiger partial charge in [0.25, 0.3) is 0 Å². The second-order valence-corrected chi connectivity index (χ2v) is 5.20. The molecule has 0 aromatic heterocycles. The van der Waals surface area contributed by atoms with Crippen LogP contribution >= 0.6 is 23.2 Å². The molecular formula is C12H15Cl2NO. The fourth-order valence-corrected chi connectivity index (χ4v) is 1.75. The fraction of sp³-hybridized carbons (Fsp3) is 0.417. The molecule has 4 heteroatoms. The molecule has 0 saturated heterocycles. The summed E-state index contributed by atoms with van der Waals surface area (Å²) < 4.78 is 0. The third kappa shape index (κ3) is 2.97. The van der Waals surface area contributed by atoms with Crippen molar-refractivity contribution in [3.8, 4) is 0 Å². The van der Waals surface area contributed by atoms with Crippen LogP contribution in [0.15, 0.2) is 18.2 Å². The minimum Gasteiger partial charge on any atom is -0.329 e. The van der Waals surface area contributed by atoms with Gasteiger partial charge in [0, 0.05) is 28.4 Å². The molecule has 0 radical (unpaired) electrons. The fourth-order valence-electron chi connectivity index (χ4n) is 1.21. The summed E-state index contributed by atoms with van der Waals surface area (Å²) >= 11 is 12.0. The minimum atomic E-state index is -0.539. The Labute approximate surface area is 106 Å². The van der Waals surface area contributed by atoms with Gasteiger partial charge >= 0.3 is 0 Å². The second kappa shape index (κ2) is 5.17. The van der Waals surface area contributed by atoms with Crippen LogP contribution in [0.4, 0.5) is 0 Å². The average Bonchev–Trinajstić information content (AvgIpc) is 2.23. The van der Waals surface area contributed by atoms with Gasteiger partial charge in [-0.2, -0.15) is 0 Å². The molecule has 0 saturated carbocycles. The molecule has 0 aliphatic rings. The van der Waals surface area contributed by atoms with Crippen molar-refractivity contribution in [2.75, 3.05) is 6.54 Å². The standard InChI is InChI=1S/C12H15Cl2NO/c1-12(2,7-15)11(16)6-8-9(13)4-3-5-10(8)14/h3-5H,6-7,15H2,1-2H3. The Bertz CT molecular complexity index is 382. The third-order valence-corrected chi connectivity index (χ3v) is 3.37. The van der Waals surface area contributed by atoms with E-state index in [9.17, 15) is 4.79 Å². The van der Waals surface area contributed by atoms with Crippen LogP contribution in [0.25, 0.3) is 0 Å². The van der Waals surface area contributed by atoms with Crippen molar-refractivity contribution in [3.05, 3.63) is 33.8 Å². The molecule has 0 spiro atoms. The number of hydrogen-bond acceptors (Lipinski definition) is 2. The summed E-state index contributed by atoms with van der Waals surface area (Å²) in [4.78, 5) is 12.0. The first-order chi connectivity index (χ1) is 7.38. The van der Waals surface area contributed by atoms with Crippen molar-refractivity contribution in [2.45, 2.75) is 20.3 Å². The summed E-state index contributed by atoms with van der Waals surface area (Å²) in [5.41, 5.74) is 5.69. The van der Waals surface area contributed by atoms with Gasteiger partial charge in [0.15, 0.2) is 0 Å². The summed E-state index contributed by atoms with van der Waals surface area (Å²) in [5.74, 6) is 0.0463. The predicted molar refractivity (Wildman–Crippen MR) is 68.0 cm³/mol. The summed E-state index contributed by atoms with van der Waals surface area (Å²) in [7, 11) is 0. The van der Waals surface area contributed by atoms with Crippen LogP contribution in [-0.2, 0) is 11.2 Å². The first-order valence-electron chi connectivity index (χ1n) is 5.05. The van der Waals surface area contributed by atoms with Gasteiger partial charge in [-0.3, -0.25) is 4.79 Å². The maximum atomic E-state index is 12.0. The third-order valence-electron chi connectivity index (χ3n) is 2.66. The number of carbonyl (C=O) groups is 1. The molecule has 2 N–H and O–H groups in total. The highest BCUT2D eigenvalue weighted by Crippen LogP contribution is 2.27. The SMILES string of the molecule is CC(C)(CN)C(=O)Cc1c(Cl)cccc1Cl. The van der Waals surface area contributed by atoms with E-state index < -0.39 is 5.41 Å². The van der Waals surface area contributed by atoms with Crippen molar-refractivity contribution < 1.29 is 4.79 Å². The number of Topliss-reactive ketones (excluding diaryl/α,β-unsaturated/α-hetero) is 1. The lowest BCUT2D eigenvalue weighted by atomic mass is 9.85. The van der Waals surface area contributed by atoms with E-state index in [2.05, 4.69) is 0 Å². The first kappa shape index (κ1) is 13.5. The van der Waals surface area contributed by atoms with E-state index in [1.807, 2.05) is 13.8 Å². The molecule has 0 atom stereocenters. The molecular weight excluding hydrogens is 245 g/mol. The quantitative estimate of drug-likeness (QED) is 0.903. The zero-order chi connectivity index (χ0) is 12.3. The monoisotopic (exact) mass is 259 g/mol. The van der Waals surface area contributed by atoms with E-state index in [0.29, 0.717) is 22.2 Å². The molecule has 0 amide bonds.